The summed E-state index contributed by atoms with van der Waals surface area (Å²) in [7, 11) is -3.34. The zero-order valence-electron chi connectivity index (χ0n) is 19.7. The lowest BCUT2D eigenvalue weighted by Gasteiger charge is -2.23. The summed E-state index contributed by atoms with van der Waals surface area (Å²) < 4.78 is 76.8. The molecule has 192 valence electrons. The molecule has 1 saturated carbocycles. The van der Waals surface area contributed by atoms with Crippen molar-refractivity contribution in [2.45, 2.75) is 61.8 Å². The van der Waals surface area contributed by atoms with Crippen LogP contribution in [0.5, 0.6) is 5.88 Å². The Morgan fingerprint density at radius 2 is 1.69 bits per heavy atom. The van der Waals surface area contributed by atoms with Crippen molar-refractivity contribution in [3.63, 3.8) is 0 Å². The van der Waals surface area contributed by atoms with Crippen LogP contribution < -0.4 is 10.1 Å². The predicted molar refractivity (Wildman–Crippen MR) is 128 cm³/mol. The van der Waals surface area contributed by atoms with Crippen LogP contribution in [-0.4, -0.2) is 35.8 Å². The lowest BCUT2D eigenvalue weighted by molar-refractivity contribution is -0.140. The largest absolute Gasteiger partial charge is 0.471 e. The lowest BCUT2D eigenvalue weighted by Crippen LogP contribution is -2.30. The topological polar surface area (TPSA) is 90.4 Å². The third-order valence-corrected chi connectivity index (χ3v) is 8.05. The van der Waals surface area contributed by atoms with Gasteiger partial charge in [0.05, 0.1) is 22.9 Å². The smallest absolute Gasteiger partial charge is 0.423 e. The molecular weight excluding hydrogens is 495 g/mol. The summed E-state index contributed by atoms with van der Waals surface area (Å²) in [5.41, 5.74) is 0.237. The van der Waals surface area contributed by atoms with Gasteiger partial charge >= 0.3 is 6.18 Å². The molecule has 1 aliphatic carbocycles. The molecule has 7 nitrogen and oxygen atoms in total. The third-order valence-electron chi connectivity index (χ3n) is 5.78. The van der Waals surface area contributed by atoms with Gasteiger partial charge in [-0.15, -0.1) is 0 Å². The van der Waals surface area contributed by atoms with Gasteiger partial charge in [0.25, 0.3) is 0 Å². The number of nitrogens with one attached hydrogen (secondary N) is 1. The van der Waals surface area contributed by atoms with E-state index in [2.05, 4.69) is 15.3 Å². The number of ether oxygens (including phenoxy) is 2. The summed E-state index contributed by atoms with van der Waals surface area (Å²) >= 11 is 0. The molecule has 2 aromatic carbocycles. The number of sulfone groups is 1. The van der Waals surface area contributed by atoms with Crippen LogP contribution >= 0.6 is 0 Å². The van der Waals surface area contributed by atoms with E-state index in [9.17, 15) is 21.6 Å². The highest BCUT2D eigenvalue weighted by Crippen LogP contribution is 2.36. The molecule has 0 spiro atoms. The van der Waals surface area contributed by atoms with Gasteiger partial charge in [0.15, 0.2) is 9.84 Å². The Balaban J connectivity index is 1.47. The molecular formula is C25H26F3N3O4S. The summed E-state index contributed by atoms with van der Waals surface area (Å²) in [5, 5.41) is 2.46. The second-order valence-corrected chi connectivity index (χ2v) is 10.9. The Labute approximate surface area is 207 Å². The minimum atomic E-state index is -4.72. The zero-order chi connectivity index (χ0) is 25.9. The predicted octanol–water partition coefficient (Wildman–Crippen LogP) is 5.55. The zero-order valence-corrected chi connectivity index (χ0v) is 20.5. The lowest BCUT2D eigenvalue weighted by atomic mass is 10.2. The molecule has 0 amide bonds. The summed E-state index contributed by atoms with van der Waals surface area (Å²) in [6.07, 6.45) is -4.04. The molecule has 0 unspecified atom stereocenters. The monoisotopic (exact) mass is 521 g/mol. The van der Waals surface area contributed by atoms with Crippen LogP contribution in [-0.2, 0) is 27.4 Å². The van der Waals surface area contributed by atoms with Crippen molar-refractivity contribution in [1.29, 1.82) is 0 Å². The number of halogens is 3. The van der Waals surface area contributed by atoms with Gasteiger partial charge in [-0.25, -0.2) is 13.4 Å². The van der Waals surface area contributed by atoms with Gasteiger partial charge in [0.2, 0.25) is 11.8 Å². The van der Waals surface area contributed by atoms with Gasteiger partial charge in [-0.3, -0.25) is 0 Å². The second kappa shape index (κ2) is 10.4. The van der Waals surface area contributed by atoms with E-state index in [0.717, 1.165) is 5.56 Å². The van der Waals surface area contributed by atoms with E-state index in [1.54, 1.807) is 13.8 Å². The first-order chi connectivity index (χ1) is 17.0. The van der Waals surface area contributed by atoms with Crippen LogP contribution in [0.1, 0.15) is 37.8 Å². The molecule has 3 aromatic rings. The Morgan fingerprint density at radius 3 is 2.31 bits per heavy atom. The number of hydrogen-bond acceptors (Lipinski definition) is 7. The second-order valence-electron chi connectivity index (χ2n) is 8.63. The Morgan fingerprint density at radius 1 is 1.03 bits per heavy atom. The average molecular weight is 522 g/mol. The minimum Gasteiger partial charge on any atom is -0.471 e. The van der Waals surface area contributed by atoms with Crippen LogP contribution in [0.2, 0.25) is 0 Å². The highest BCUT2D eigenvalue weighted by atomic mass is 32.2. The molecule has 36 heavy (non-hydrogen) atoms. The third kappa shape index (κ3) is 6.33. The molecule has 0 aliphatic heterocycles. The van der Waals surface area contributed by atoms with E-state index in [-0.39, 0.29) is 22.7 Å². The van der Waals surface area contributed by atoms with Gasteiger partial charge < -0.3 is 14.8 Å². The van der Waals surface area contributed by atoms with E-state index < -0.39 is 39.7 Å². The van der Waals surface area contributed by atoms with Gasteiger partial charge in [0.1, 0.15) is 11.7 Å². The molecule has 2 atom stereocenters. The highest BCUT2D eigenvalue weighted by Gasteiger charge is 2.38. The first-order valence-electron chi connectivity index (χ1n) is 11.4. The van der Waals surface area contributed by atoms with Crippen molar-refractivity contribution in [2.75, 3.05) is 5.32 Å². The number of hydrogen-bond donors (Lipinski definition) is 1. The number of anilines is 2. The molecule has 1 heterocycles. The van der Waals surface area contributed by atoms with Crippen LogP contribution in [0.15, 0.2) is 65.7 Å². The molecule has 0 radical (unpaired) electrons. The van der Waals surface area contributed by atoms with Crippen LogP contribution in [0.4, 0.5) is 24.8 Å². The normalized spacial score (nSPS) is 15.8. The number of aromatic nitrogens is 2. The van der Waals surface area contributed by atoms with Crippen LogP contribution in [0.25, 0.3) is 0 Å². The maximum Gasteiger partial charge on any atom is 0.423 e. The first kappa shape index (κ1) is 25.9. The van der Waals surface area contributed by atoms with E-state index in [0.29, 0.717) is 24.7 Å². The molecule has 0 saturated heterocycles. The standard InChI is InChI=1S/C25H26F3N3O4S/c1-16(34-15-18-6-4-3-5-7-18)17(2)35-23-22(25(26,27)28)14-29-24(31-23)30-19-8-10-20(11-9-19)36(32,33)21-12-13-21/h3-11,14,16-17,21H,12-13,15H2,1-2H3,(H,29,30,31)/t16-,17-/m1/s1. The van der Waals surface area contributed by atoms with Crippen molar-refractivity contribution in [2.24, 2.45) is 0 Å². The molecule has 1 aromatic heterocycles. The van der Waals surface area contributed by atoms with Crippen molar-refractivity contribution in [3.05, 3.63) is 71.9 Å². The Kier molecular flexibility index (Phi) is 7.51. The van der Waals surface area contributed by atoms with Crippen molar-refractivity contribution in [1.82, 2.24) is 9.97 Å². The maximum atomic E-state index is 13.6. The molecule has 11 heteroatoms. The Hall–Kier alpha value is -3.18. The van der Waals surface area contributed by atoms with Gasteiger partial charge in [-0.1, -0.05) is 30.3 Å². The van der Waals surface area contributed by atoms with Crippen LogP contribution in [0.3, 0.4) is 0 Å². The number of nitrogens with zero attached hydrogens (tertiary/aromatic N) is 2. The van der Waals surface area contributed by atoms with E-state index in [4.69, 9.17) is 9.47 Å². The fourth-order valence-electron chi connectivity index (χ4n) is 3.35. The summed E-state index contributed by atoms with van der Waals surface area (Å²) in [5.74, 6) is -0.753. The fraction of sp³-hybridized carbons (Fsp3) is 0.360. The SMILES string of the molecule is C[C@@H](OCc1ccccc1)[C@@H](C)Oc1nc(Nc2ccc(S(=O)(=O)C3CC3)cc2)ncc1C(F)(F)F. The molecule has 4 rings (SSSR count). The quantitative estimate of drug-likeness (QED) is 0.374. The number of benzene rings is 2. The molecule has 1 fully saturated rings. The van der Waals surface area contributed by atoms with Crippen molar-refractivity contribution < 1.29 is 31.1 Å². The van der Waals surface area contributed by atoms with Gasteiger partial charge in [-0.2, -0.15) is 18.2 Å². The maximum absolute atomic E-state index is 13.6. The Bertz CT molecular complexity index is 1280. The summed E-state index contributed by atoms with van der Waals surface area (Å²) in [6.45, 7) is 3.59. The number of alkyl halides is 3. The van der Waals surface area contributed by atoms with Crippen LogP contribution in [0, 0.1) is 0 Å². The first-order valence-corrected chi connectivity index (χ1v) is 13.0. The number of rotatable bonds is 10. The summed E-state index contributed by atoms with van der Waals surface area (Å²) in [6, 6.07) is 15.3. The molecule has 1 N–H and O–H groups in total. The minimum absolute atomic E-state index is 0.124. The van der Waals surface area contributed by atoms with Crippen molar-refractivity contribution >= 4 is 21.5 Å². The molecule has 0 bridgehead atoms. The van der Waals surface area contributed by atoms with Gasteiger partial charge in [0, 0.05) is 11.9 Å². The molecule has 1 aliphatic rings. The average Bonchev–Trinajstić information content (AvgIpc) is 3.69. The van der Waals surface area contributed by atoms with E-state index >= 15 is 0 Å². The highest BCUT2D eigenvalue weighted by molar-refractivity contribution is 7.92. The van der Waals surface area contributed by atoms with E-state index in [1.165, 1.54) is 24.3 Å². The van der Waals surface area contributed by atoms with Gasteiger partial charge in [-0.05, 0) is 56.5 Å². The van der Waals surface area contributed by atoms with Crippen molar-refractivity contribution in [3.8, 4) is 5.88 Å². The van der Waals surface area contributed by atoms with E-state index in [1.807, 2.05) is 30.3 Å². The fourth-order valence-corrected chi connectivity index (χ4v) is 5.00. The summed E-state index contributed by atoms with van der Waals surface area (Å²) in [4.78, 5) is 7.91.